The number of oxime groups is 1. The number of nitrogens with two attached hydrogens (primary N) is 1. The Morgan fingerprint density at radius 2 is 1.95 bits per heavy atom. The third kappa shape index (κ3) is 3.39. The molecular formula is C14H27N3O2. The quantitative estimate of drug-likeness (QED) is 0.336. The second-order valence-electron chi connectivity index (χ2n) is 5.37. The Hall–Kier alpha value is -1.26. The van der Waals surface area contributed by atoms with Crippen LogP contribution >= 0.6 is 0 Å². The summed E-state index contributed by atoms with van der Waals surface area (Å²) in [4.78, 5) is 14.7. The van der Waals surface area contributed by atoms with Gasteiger partial charge in [0.15, 0.2) is 5.84 Å². The van der Waals surface area contributed by atoms with E-state index in [2.05, 4.69) is 12.1 Å². The summed E-state index contributed by atoms with van der Waals surface area (Å²) in [6, 6.07) is 0. The third-order valence-electron chi connectivity index (χ3n) is 4.17. The molecule has 0 bridgehead atoms. The largest absolute Gasteiger partial charge is 0.409 e. The Balaban J connectivity index is 2.93. The maximum Gasteiger partial charge on any atom is 0.236 e. The van der Waals surface area contributed by atoms with Crippen molar-refractivity contribution in [1.29, 1.82) is 0 Å². The Morgan fingerprint density at radius 3 is 2.42 bits per heavy atom. The standard InChI is InChI=1S/C14H27N3O2/c1-3-5-11-17(4-2)13(18)14(12(15)16-19)9-7-6-8-10-14/h19H,3-11H2,1-2H3,(H2,15,16). The molecule has 1 aliphatic carbocycles. The van der Waals surface area contributed by atoms with Gasteiger partial charge in [0, 0.05) is 13.1 Å². The molecule has 1 amide bonds. The minimum Gasteiger partial charge on any atom is -0.409 e. The van der Waals surface area contributed by atoms with Crippen LogP contribution in [0.1, 0.15) is 58.8 Å². The second kappa shape index (κ2) is 7.36. The van der Waals surface area contributed by atoms with Crippen molar-refractivity contribution >= 4 is 11.7 Å². The minimum atomic E-state index is -0.767. The molecule has 0 heterocycles. The molecule has 0 spiro atoms. The molecule has 0 aliphatic heterocycles. The van der Waals surface area contributed by atoms with Gasteiger partial charge in [-0.2, -0.15) is 0 Å². The maximum atomic E-state index is 12.8. The Bertz CT molecular complexity index is 323. The SMILES string of the molecule is CCCCN(CC)C(=O)C1(C(N)=NO)CCCCC1. The van der Waals surface area contributed by atoms with Crippen molar-refractivity contribution in [3.05, 3.63) is 0 Å². The van der Waals surface area contributed by atoms with Crippen LogP contribution in [0.4, 0.5) is 0 Å². The highest BCUT2D eigenvalue weighted by atomic mass is 16.4. The number of unbranched alkanes of at least 4 members (excludes halogenated alkanes) is 1. The predicted octanol–water partition coefficient (Wildman–Crippen LogP) is 2.33. The van der Waals surface area contributed by atoms with Crippen molar-refractivity contribution in [2.24, 2.45) is 16.3 Å². The molecule has 5 nitrogen and oxygen atoms in total. The first kappa shape index (κ1) is 15.8. The average Bonchev–Trinajstić information content (AvgIpc) is 2.47. The van der Waals surface area contributed by atoms with Crippen molar-refractivity contribution in [1.82, 2.24) is 4.90 Å². The van der Waals surface area contributed by atoms with Crippen molar-refractivity contribution < 1.29 is 10.0 Å². The van der Waals surface area contributed by atoms with Crippen molar-refractivity contribution in [3.63, 3.8) is 0 Å². The molecule has 110 valence electrons. The molecule has 0 aromatic carbocycles. The zero-order chi connectivity index (χ0) is 14.3. The first-order valence-electron chi connectivity index (χ1n) is 7.39. The van der Waals surface area contributed by atoms with E-state index < -0.39 is 5.41 Å². The molecule has 3 N–H and O–H groups in total. The molecule has 5 heteroatoms. The van der Waals surface area contributed by atoms with Crippen LogP contribution in [-0.2, 0) is 4.79 Å². The summed E-state index contributed by atoms with van der Waals surface area (Å²) in [6.07, 6.45) is 6.50. The molecule has 0 unspecified atom stereocenters. The highest BCUT2D eigenvalue weighted by Gasteiger charge is 2.45. The fraction of sp³-hybridized carbons (Fsp3) is 0.857. The molecule has 0 radical (unpaired) electrons. The monoisotopic (exact) mass is 269 g/mol. The highest BCUT2D eigenvalue weighted by molar-refractivity contribution is 6.06. The van der Waals surface area contributed by atoms with Gasteiger partial charge in [-0.3, -0.25) is 4.79 Å². The first-order valence-corrected chi connectivity index (χ1v) is 7.39. The highest BCUT2D eigenvalue weighted by Crippen LogP contribution is 2.38. The van der Waals surface area contributed by atoms with Crippen LogP contribution in [0.25, 0.3) is 0 Å². The lowest BCUT2D eigenvalue weighted by atomic mass is 9.72. The lowest BCUT2D eigenvalue weighted by Crippen LogP contribution is -2.52. The van der Waals surface area contributed by atoms with Crippen molar-refractivity contribution in [2.75, 3.05) is 13.1 Å². The number of carbonyl (C=O) groups excluding carboxylic acids is 1. The van der Waals surface area contributed by atoms with Gasteiger partial charge >= 0.3 is 0 Å². The van der Waals surface area contributed by atoms with Crippen LogP contribution in [-0.4, -0.2) is 34.9 Å². The van der Waals surface area contributed by atoms with Crippen molar-refractivity contribution in [3.8, 4) is 0 Å². The van der Waals surface area contributed by atoms with Gasteiger partial charge in [-0.25, -0.2) is 0 Å². The van der Waals surface area contributed by atoms with Gasteiger partial charge in [0.1, 0.15) is 5.41 Å². The predicted molar refractivity (Wildman–Crippen MR) is 76.1 cm³/mol. The van der Waals surface area contributed by atoms with Crippen LogP contribution in [0.15, 0.2) is 5.16 Å². The van der Waals surface area contributed by atoms with E-state index in [1.54, 1.807) is 0 Å². The van der Waals surface area contributed by atoms with Crippen molar-refractivity contribution in [2.45, 2.75) is 58.8 Å². The molecule has 1 fully saturated rings. The number of carbonyl (C=O) groups is 1. The summed E-state index contributed by atoms with van der Waals surface area (Å²) < 4.78 is 0. The number of amides is 1. The molecule has 1 saturated carbocycles. The number of amidine groups is 1. The smallest absolute Gasteiger partial charge is 0.236 e. The number of rotatable bonds is 6. The van der Waals surface area contributed by atoms with Gasteiger partial charge in [0.05, 0.1) is 0 Å². The lowest BCUT2D eigenvalue weighted by molar-refractivity contribution is -0.139. The zero-order valence-corrected chi connectivity index (χ0v) is 12.2. The summed E-state index contributed by atoms with van der Waals surface area (Å²) in [5.41, 5.74) is 5.09. The fourth-order valence-electron chi connectivity index (χ4n) is 2.89. The van der Waals surface area contributed by atoms with E-state index in [4.69, 9.17) is 10.9 Å². The maximum absolute atomic E-state index is 12.8. The van der Waals surface area contributed by atoms with E-state index in [1.807, 2.05) is 11.8 Å². The Kier molecular flexibility index (Phi) is 6.12. The van der Waals surface area contributed by atoms with E-state index in [-0.39, 0.29) is 11.7 Å². The van der Waals surface area contributed by atoms with E-state index >= 15 is 0 Å². The molecule has 1 rings (SSSR count). The van der Waals surface area contributed by atoms with Crippen LogP contribution in [0, 0.1) is 5.41 Å². The second-order valence-corrected chi connectivity index (χ2v) is 5.37. The average molecular weight is 269 g/mol. The van der Waals surface area contributed by atoms with E-state index in [1.165, 1.54) is 0 Å². The zero-order valence-electron chi connectivity index (χ0n) is 12.2. The molecule has 0 saturated heterocycles. The lowest BCUT2D eigenvalue weighted by Gasteiger charge is -2.38. The minimum absolute atomic E-state index is 0.0402. The summed E-state index contributed by atoms with van der Waals surface area (Å²) in [7, 11) is 0. The van der Waals surface area contributed by atoms with E-state index in [0.717, 1.165) is 38.6 Å². The van der Waals surface area contributed by atoms with Gasteiger partial charge in [0.25, 0.3) is 0 Å². The molecule has 0 atom stereocenters. The fourth-order valence-corrected chi connectivity index (χ4v) is 2.89. The van der Waals surface area contributed by atoms with Gasteiger partial charge in [-0.1, -0.05) is 37.8 Å². The van der Waals surface area contributed by atoms with Gasteiger partial charge in [0.2, 0.25) is 5.91 Å². The third-order valence-corrected chi connectivity index (χ3v) is 4.17. The number of hydrogen-bond acceptors (Lipinski definition) is 3. The number of nitrogens with zero attached hydrogens (tertiary/aromatic N) is 2. The Labute approximate surface area is 115 Å². The van der Waals surface area contributed by atoms with E-state index in [0.29, 0.717) is 19.4 Å². The molecule has 0 aromatic rings. The molecule has 0 aromatic heterocycles. The first-order chi connectivity index (χ1) is 9.12. The normalized spacial score (nSPS) is 19.2. The number of hydrogen-bond donors (Lipinski definition) is 2. The van der Waals surface area contributed by atoms with Gasteiger partial charge in [-0.05, 0) is 26.2 Å². The molecular weight excluding hydrogens is 242 g/mol. The molecule has 19 heavy (non-hydrogen) atoms. The van der Waals surface area contributed by atoms with Crippen LogP contribution in [0.5, 0.6) is 0 Å². The topological polar surface area (TPSA) is 78.9 Å². The summed E-state index contributed by atoms with van der Waals surface area (Å²) in [6.45, 7) is 5.53. The van der Waals surface area contributed by atoms with Gasteiger partial charge < -0.3 is 15.8 Å². The Morgan fingerprint density at radius 1 is 1.32 bits per heavy atom. The summed E-state index contributed by atoms with van der Waals surface area (Å²) in [5, 5.41) is 12.2. The summed E-state index contributed by atoms with van der Waals surface area (Å²) in [5.74, 6) is 0.130. The summed E-state index contributed by atoms with van der Waals surface area (Å²) >= 11 is 0. The van der Waals surface area contributed by atoms with E-state index in [9.17, 15) is 4.79 Å². The molecule has 1 aliphatic rings. The van der Waals surface area contributed by atoms with Gasteiger partial charge in [-0.15, -0.1) is 0 Å². The van der Waals surface area contributed by atoms with Crippen LogP contribution in [0.2, 0.25) is 0 Å². The van der Waals surface area contributed by atoms with Crippen LogP contribution < -0.4 is 5.73 Å². The van der Waals surface area contributed by atoms with Crippen LogP contribution in [0.3, 0.4) is 0 Å².